The zero-order valence-corrected chi connectivity index (χ0v) is 12.8. The summed E-state index contributed by atoms with van der Waals surface area (Å²) < 4.78 is 39.8. The highest BCUT2D eigenvalue weighted by Crippen LogP contribution is 2.30. The van der Waals surface area contributed by atoms with Crippen LogP contribution in [0.3, 0.4) is 0 Å². The number of hydrogen-bond acceptors (Lipinski definition) is 3. The van der Waals surface area contributed by atoms with E-state index in [2.05, 4.69) is 10.3 Å². The second-order valence-electron chi connectivity index (χ2n) is 5.35. The highest BCUT2D eigenvalue weighted by molar-refractivity contribution is 5.75. The molecule has 8 heteroatoms. The van der Waals surface area contributed by atoms with Gasteiger partial charge in [-0.15, -0.1) is 0 Å². The molecular weight excluding hydrogens is 323 g/mol. The second kappa shape index (κ2) is 7.96. The van der Waals surface area contributed by atoms with Crippen molar-refractivity contribution in [2.45, 2.75) is 31.7 Å². The van der Waals surface area contributed by atoms with Crippen LogP contribution in [-0.4, -0.2) is 27.1 Å². The number of nitrogens with zero attached hydrogens (tertiary/aromatic N) is 2. The molecule has 5 nitrogen and oxygen atoms in total. The Balaban J connectivity index is 1.78. The molecule has 130 valence electrons. The molecule has 24 heavy (non-hydrogen) atoms. The summed E-state index contributed by atoms with van der Waals surface area (Å²) in [5.41, 5.74) is -0.714. The minimum absolute atomic E-state index is 0.114. The van der Waals surface area contributed by atoms with Gasteiger partial charge in [0.15, 0.2) is 0 Å². The maximum absolute atomic E-state index is 12.6. The lowest BCUT2D eigenvalue weighted by molar-refractivity contribution is -0.137. The van der Waals surface area contributed by atoms with Crippen molar-refractivity contribution in [3.8, 4) is 0 Å². The molecule has 2 rings (SSSR count). The van der Waals surface area contributed by atoms with Gasteiger partial charge in [-0.1, -0.05) is 12.1 Å². The molecule has 0 aliphatic carbocycles. The van der Waals surface area contributed by atoms with Gasteiger partial charge in [0.05, 0.1) is 18.0 Å². The smallest absolute Gasteiger partial charge is 0.387 e. The Morgan fingerprint density at radius 3 is 2.83 bits per heavy atom. The van der Waals surface area contributed by atoms with Crippen LogP contribution in [0.2, 0.25) is 0 Å². The average Bonchev–Trinajstić information content (AvgIpc) is 3.05. The van der Waals surface area contributed by atoms with Gasteiger partial charge in [-0.2, -0.15) is 13.2 Å². The third-order valence-electron chi connectivity index (χ3n) is 3.47. The number of halogens is 3. The normalized spacial score (nSPS) is 12.8. The number of alkyl halides is 3. The third kappa shape index (κ3) is 5.38. The Morgan fingerprint density at radius 1 is 1.38 bits per heavy atom. The van der Waals surface area contributed by atoms with Crippen molar-refractivity contribution >= 4 is 5.91 Å². The van der Waals surface area contributed by atoms with Gasteiger partial charge in [-0.05, 0) is 24.1 Å². The first-order valence-corrected chi connectivity index (χ1v) is 7.44. The average molecular weight is 341 g/mol. The lowest BCUT2D eigenvalue weighted by Gasteiger charge is -2.14. The minimum atomic E-state index is -4.47. The van der Waals surface area contributed by atoms with E-state index in [1.807, 2.05) is 4.57 Å². The minimum Gasteiger partial charge on any atom is -0.387 e. The maximum Gasteiger partial charge on any atom is 0.416 e. The summed E-state index contributed by atoms with van der Waals surface area (Å²) in [4.78, 5) is 15.6. The Kier molecular flexibility index (Phi) is 5.97. The van der Waals surface area contributed by atoms with Gasteiger partial charge in [0.2, 0.25) is 5.91 Å². The fourth-order valence-corrected chi connectivity index (χ4v) is 2.18. The van der Waals surface area contributed by atoms with Gasteiger partial charge in [-0.3, -0.25) is 4.79 Å². The molecule has 1 aromatic carbocycles. The molecule has 1 aromatic heterocycles. The SMILES string of the molecule is O=C(CCCn1ccnc1)NCC(O)c1cccc(C(F)(F)F)c1. The topological polar surface area (TPSA) is 67.2 Å². The number of aromatic nitrogens is 2. The molecule has 0 spiro atoms. The van der Waals surface area contributed by atoms with Crippen molar-refractivity contribution in [3.63, 3.8) is 0 Å². The molecule has 0 saturated heterocycles. The number of imidazole rings is 1. The van der Waals surface area contributed by atoms with Gasteiger partial charge in [0.1, 0.15) is 0 Å². The summed E-state index contributed by atoms with van der Waals surface area (Å²) in [6, 6.07) is 4.44. The van der Waals surface area contributed by atoms with Crippen LogP contribution >= 0.6 is 0 Å². The van der Waals surface area contributed by atoms with Gasteiger partial charge < -0.3 is 15.0 Å². The van der Waals surface area contributed by atoms with Crippen LogP contribution in [0.1, 0.15) is 30.1 Å². The van der Waals surface area contributed by atoms with Crippen LogP contribution in [0, 0.1) is 0 Å². The highest BCUT2D eigenvalue weighted by Gasteiger charge is 2.30. The molecule has 2 N–H and O–H groups in total. The Bertz CT molecular complexity index is 657. The Labute approximate surface area is 137 Å². The molecule has 0 radical (unpaired) electrons. The first-order chi connectivity index (χ1) is 11.4. The van der Waals surface area contributed by atoms with Crippen LogP contribution in [0.5, 0.6) is 0 Å². The quantitative estimate of drug-likeness (QED) is 0.813. The summed E-state index contributed by atoms with van der Waals surface area (Å²) in [5.74, 6) is -0.263. The number of aliphatic hydroxyl groups is 1. The molecular formula is C16H18F3N3O2. The molecule has 0 saturated carbocycles. The summed E-state index contributed by atoms with van der Waals surface area (Å²) >= 11 is 0. The molecule has 1 heterocycles. The standard InChI is InChI=1S/C16H18F3N3O2/c17-16(18,19)13-4-1-3-12(9-13)14(23)10-21-15(24)5-2-7-22-8-6-20-11-22/h1,3-4,6,8-9,11,14,23H,2,5,7,10H2,(H,21,24). The Morgan fingerprint density at radius 2 is 2.17 bits per heavy atom. The molecule has 0 aliphatic rings. The van der Waals surface area contributed by atoms with E-state index in [4.69, 9.17) is 0 Å². The van der Waals surface area contributed by atoms with Gasteiger partial charge in [0, 0.05) is 31.9 Å². The van der Waals surface area contributed by atoms with Crippen molar-refractivity contribution in [1.82, 2.24) is 14.9 Å². The molecule has 1 atom stereocenters. The summed E-state index contributed by atoms with van der Waals surface area (Å²) in [5, 5.41) is 12.5. The van der Waals surface area contributed by atoms with Crippen molar-refractivity contribution in [2.75, 3.05) is 6.54 Å². The predicted octanol–water partition coefficient (Wildman–Crippen LogP) is 2.53. The van der Waals surface area contributed by atoms with Crippen LogP contribution in [0.4, 0.5) is 13.2 Å². The monoisotopic (exact) mass is 341 g/mol. The van der Waals surface area contributed by atoms with E-state index in [9.17, 15) is 23.1 Å². The predicted molar refractivity (Wildman–Crippen MR) is 80.9 cm³/mol. The fourth-order valence-electron chi connectivity index (χ4n) is 2.18. The van der Waals surface area contributed by atoms with E-state index >= 15 is 0 Å². The molecule has 1 unspecified atom stereocenters. The molecule has 0 aliphatic heterocycles. The first-order valence-electron chi connectivity index (χ1n) is 7.44. The zero-order valence-electron chi connectivity index (χ0n) is 12.8. The number of nitrogens with one attached hydrogen (secondary N) is 1. The summed E-state index contributed by atoms with van der Waals surface area (Å²) in [7, 11) is 0. The van der Waals surface area contributed by atoms with E-state index in [1.165, 1.54) is 12.1 Å². The maximum atomic E-state index is 12.6. The summed E-state index contributed by atoms with van der Waals surface area (Å²) in [6.07, 6.45) is 0.280. The van der Waals surface area contributed by atoms with E-state index in [-0.39, 0.29) is 24.4 Å². The van der Waals surface area contributed by atoms with Crippen molar-refractivity contribution in [2.24, 2.45) is 0 Å². The number of benzene rings is 1. The number of aliphatic hydroxyl groups excluding tert-OH is 1. The zero-order chi connectivity index (χ0) is 17.6. The largest absolute Gasteiger partial charge is 0.416 e. The molecule has 2 aromatic rings. The lowest BCUT2D eigenvalue weighted by atomic mass is 10.1. The number of aryl methyl sites for hydroxylation is 1. The first kappa shape index (κ1) is 18.0. The van der Waals surface area contributed by atoms with Crippen LogP contribution < -0.4 is 5.32 Å². The van der Waals surface area contributed by atoms with Gasteiger partial charge in [0.25, 0.3) is 0 Å². The Hall–Kier alpha value is -2.35. The number of carbonyl (C=O) groups is 1. The van der Waals surface area contributed by atoms with Crippen molar-refractivity contribution < 1.29 is 23.1 Å². The number of amides is 1. The molecule has 0 bridgehead atoms. The molecule has 1 amide bonds. The molecule has 0 fully saturated rings. The number of rotatable bonds is 7. The van der Waals surface area contributed by atoms with Crippen LogP contribution in [0.15, 0.2) is 43.0 Å². The highest BCUT2D eigenvalue weighted by atomic mass is 19.4. The third-order valence-corrected chi connectivity index (χ3v) is 3.47. The lowest BCUT2D eigenvalue weighted by Crippen LogP contribution is -2.28. The van der Waals surface area contributed by atoms with Crippen molar-refractivity contribution in [3.05, 3.63) is 54.1 Å². The number of hydrogen-bond donors (Lipinski definition) is 2. The summed E-state index contributed by atoms with van der Waals surface area (Å²) in [6.45, 7) is 0.509. The van der Waals surface area contributed by atoms with E-state index in [0.29, 0.717) is 13.0 Å². The number of carbonyl (C=O) groups excluding carboxylic acids is 1. The van der Waals surface area contributed by atoms with E-state index in [1.54, 1.807) is 18.7 Å². The van der Waals surface area contributed by atoms with Gasteiger partial charge in [-0.25, -0.2) is 4.98 Å². The van der Waals surface area contributed by atoms with E-state index in [0.717, 1.165) is 12.1 Å². The second-order valence-corrected chi connectivity index (χ2v) is 5.35. The van der Waals surface area contributed by atoms with Crippen LogP contribution in [0.25, 0.3) is 0 Å². The van der Waals surface area contributed by atoms with E-state index < -0.39 is 17.8 Å². The fraction of sp³-hybridized carbons (Fsp3) is 0.375. The van der Waals surface area contributed by atoms with Gasteiger partial charge >= 0.3 is 6.18 Å². The van der Waals surface area contributed by atoms with Crippen molar-refractivity contribution in [1.29, 1.82) is 0 Å². The van der Waals surface area contributed by atoms with Crippen LogP contribution in [-0.2, 0) is 17.5 Å².